The summed E-state index contributed by atoms with van der Waals surface area (Å²) in [6.07, 6.45) is 0.687. The van der Waals surface area contributed by atoms with Crippen LogP contribution in [-0.4, -0.2) is 31.6 Å². The molecule has 0 unspecified atom stereocenters. The van der Waals surface area contributed by atoms with E-state index in [2.05, 4.69) is 4.74 Å². The molecule has 76 valence electrons. The summed E-state index contributed by atoms with van der Waals surface area (Å²) < 4.78 is 4.48. The summed E-state index contributed by atoms with van der Waals surface area (Å²) in [5, 5.41) is 7.00. The number of aliphatic hydroxyl groups excluding tert-OH is 1. The Kier molecular flexibility index (Phi) is 5.98. The number of ether oxygens (including phenoxy) is 1. The molecule has 0 bridgehead atoms. The van der Waals surface area contributed by atoms with Crippen LogP contribution >= 0.6 is 0 Å². The molecule has 0 saturated heterocycles. The molecule has 0 aliphatic heterocycles. The molecule has 0 heterocycles. The normalized spacial score (nSPS) is 8.21. The molecule has 0 aliphatic rings. The van der Waals surface area contributed by atoms with Crippen LogP contribution in [0.15, 0.2) is 24.3 Å². The zero-order valence-corrected chi connectivity index (χ0v) is 8.06. The highest BCUT2D eigenvalue weighted by atomic mass is 16.5. The highest BCUT2D eigenvalue weighted by Gasteiger charge is 2.04. The van der Waals surface area contributed by atoms with Gasteiger partial charge in [0.15, 0.2) is 0 Å². The molecule has 1 N–H and O–H groups in total. The molecule has 0 fully saturated rings. The van der Waals surface area contributed by atoms with Crippen LogP contribution in [0, 0.1) is 0 Å². The van der Waals surface area contributed by atoms with Gasteiger partial charge >= 0.3 is 5.97 Å². The Hall–Kier alpha value is -1.68. The van der Waals surface area contributed by atoms with Crippen LogP contribution < -0.4 is 0 Å². The number of carbonyl (C=O) groups excluding carboxylic acids is 2. The first-order valence-corrected chi connectivity index (χ1v) is 3.86. The quantitative estimate of drug-likeness (QED) is 0.563. The predicted molar refractivity (Wildman–Crippen MR) is 51.3 cm³/mol. The highest BCUT2D eigenvalue weighted by Crippen LogP contribution is 2.03. The summed E-state index contributed by atoms with van der Waals surface area (Å²) in [5.41, 5.74) is 0.861. The monoisotopic (exact) mass is 196 g/mol. The number of hydrogen-bond acceptors (Lipinski definition) is 4. The maximum Gasteiger partial charge on any atom is 0.337 e. The Labute approximate surface area is 82.1 Å². The summed E-state index contributed by atoms with van der Waals surface area (Å²) in [5.74, 6) is -0.432. The molecule has 4 heteroatoms. The van der Waals surface area contributed by atoms with Crippen molar-refractivity contribution >= 4 is 12.3 Å². The lowest BCUT2D eigenvalue weighted by Crippen LogP contribution is -2.01. The molecule has 1 aromatic rings. The molecule has 1 rings (SSSR count). The van der Waals surface area contributed by atoms with Crippen molar-refractivity contribution < 1.29 is 19.4 Å². The lowest BCUT2D eigenvalue weighted by molar-refractivity contribution is 0.0600. The van der Waals surface area contributed by atoms with Gasteiger partial charge in [-0.2, -0.15) is 0 Å². The van der Waals surface area contributed by atoms with Crippen LogP contribution in [0.1, 0.15) is 20.7 Å². The van der Waals surface area contributed by atoms with Gasteiger partial charge in [0.25, 0.3) is 0 Å². The smallest absolute Gasteiger partial charge is 0.337 e. The first-order valence-electron chi connectivity index (χ1n) is 3.86. The minimum Gasteiger partial charge on any atom is -0.465 e. The maximum atomic E-state index is 10.9. The van der Waals surface area contributed by atoms with Crippen molar-refractivity contribution in [2.45, 2.75) is 0 Å². The van der Waals surface area contributed by atoms with Gasteiger partial charge in [0.05, 0.1) is 12.7 Å². The summed E-state index contributed by atoms with van der Waals surface area (Å²) in [7, 11) is 2.30. The number of hydrogen-bond donors (Lipinski definition) is 1. The number of methoxy groups -OCH3 is 1. The van der Waals surface area contributed by atoms with E-state index in [9.17, 15) is 9.59 Å². The third-order valence-electron chi connectivity index (χ3n) is 1.44. The van der Waals surface area contributed by atoms with Gasteiger partial charge in [-0.15, -0.1) is 0 Å². The van der Waals surface area contributed by atoms with Gasteiger partial charge in [-0.3, -0.25) is 4.79 Å². The molecule has 0 saturated carbocycles. The summed E-state index contributed by atoms with van der Waals surface area (Å²) >= 11 is 0. The van der Waals surface area contributed by atoms with Crippen LogP contribution in [-0.2, 0) is 4.74 Å². The molecule has 0 aliphatic carbocycles. The first-order chi connectivity index (χ1) is 6.77. The van der Waals surface area contributed by atoms with Crippen molar-refractivity contribution in [2.75, 3.05) is 14.2 Å². The molecule has 4 nitrogen and oxygen atoms in total. The number of esters is 1. The fourth-order valence-electron chi connectivity index (χ4n) is 0.857. The second kappa shape index (κ2) is 6.80. The van der Waals surface area contributed by atoms with E-state index in [1.807, 2.05) is 0 Å². The second-order valence-corrected chi connectivity index (χ2v) is 2.23. The zero-order valence-electron chi connectivity index (χ0n) is 8.06. The maximum absolute atomic E-state index is 10.9. The summed E-state index contributed by atoms with van der Waals surface area (Å²) in [4.78, 5) is 21.3. The van der Waals surface area contributed by atoms with Crippen LogP contribution in [0.2, 0.25) is 0 Å². The van der Waals surface area contributed by atoms with E-state index in [1.54, 1.807) is 18.2 Å². The van der Waals surface area contributed by atoms with E-state index in [1.165, 1.54) is 13.2 Å². The highest BCUT2D eigenvalue weighted by molar-refractivity contribution is 5.91. The number of aldehydes is 1. The van der Waals surface area contributed by atoms with Crippen molar-refractivity contribution in [2.24, 2.45) is 0 Å². The van der Waals surface area contributed by atoms with Gasteiger partial charge in [-0.1, -0.05) is 12.1 Å². The Bertz CT molecular complexity index is 307. The van der Waals surface area contributed by atoms with Crippen molar-refractivity contribution in [1.82, 2.24) is 0 Å². The molecule has 0 spiro atoms. The summed E-state index contributed by atoms with van der Waals surface area (Å²) in [6.45, 7) is 0. The van der Waals surface area contributed by atoms with Crippen LogP contribution in [0.3, 0.4) is 0 Å². The molecular weight excluding hydrogens is 184 g/mol. The SMILES string of the molecule is CO.COC(=O)c1cccc(C=O)c1. The van der Waals surface area contributed by atoms with Crippen molar-refractivity contribution in [1.29, 1.82) is 0 Å². The molecule has 0 radical (unpaired) electrons. The largest absolute Gasteiger partial charge is 0.465 e. The van der Waals surface area contributed by atoms with Crippen LogP contribution in [0.25, 0.3) is 0 Å². The fraction of sp³-hybridized carbons (Fsp3) is 0.200. The Morgan fingerprint density at radius 3 is 2.57 bits per heavy atom. The molecule has 1 aromatic carbocycles. The van der Waals surface area contributed by atoms with Gasteiger partial charge in [0.2, 0.25) is 0 Å². The second-order valence-electron chi connectivity index (χ2n) is 2.23. The number of rotatable bonds is 2. The molecule has 0 aromatic heterocycles. The van der Waals surface area contributed by atoms with Gasteiger partial charge < -0.3 is 9.84 Å². The van der Waals surface area contributed by atoms with Crippen molar-refractivity contribution in [3.8, 4) is 0 Å². The molecule has 0 amide bonds. The molecule has 0 atom stereocenters. The Morgan fingerprint density at radius 1 is 1.43 bits per heavy atom. The Balaban J connectivity index is 0.000000791. The third kappa shape index (κ3) is 3.37. The van der Waals surface area contributed by atoms with Gasteiger partial charge in [0, 0.05) is 12.7 Å². The van der Waals surface area contributed by atoms with Gasteiger partial charge in [-0.05, 0) is 12.1 Å². The lowest BCUT2D eigenvalue weighted by Gasteiger charge is -1.98. The average molecular weight is 196 g/mol. The van der Waals surface area contributed by atoms with Gasteiger partial charge in [0.1, 0.15) is 6.29 Å². The minimum absolute atomic E-state index is 0.391. The number of carbonyl (C=O) groups is 2. The average Bonchev–Trinajstić information content (AvgIpc) is 2.30. The van der Waals surface area contributed by atoms with E-state index in [4.69, 9.17) is 5.11 Å². The van der Waals surface area contributed by atoms with Crippen molar-refractivity contribution in [3.63, 3.8) is 0 Å². The Morgan fingerprint density at radius 2 is 2.07 bits per heavy atom. The van der Waals surface area contributed by atoms with E-state index in [0.29, 0.717) is 17.4 Å². The first kappa shape index (κ1) is 12.3. The van der Waals surface area contributed by atoms with E-state index >= 15 is 0 Å². The lowest BCUT2D eigenvalue weighted by atomic mass is 10.1. The van der Waals surface area contributed by atoms with Crippen LogP contribution in [0.4, 0.5) is 0 Å². The third-order valence-corrected chi connectivity index (χ3v) is 1.44. The number of aliphatic hydroxyl groups is 1. The summed E-state index contributed by atoms with van der Waals surface area (Å²) in [6, 6.07) is 6.34. The van der Waals surface area contributed by atoms with Gasteiger partial charge in [-0.25, -0.2) is 4.79 Å². The molecule has 14 heavy (non-hydrogen) atoms. The van der Waals surface area contributed by atoms with Crippen molar-refractivity contribution in [3.05, 3.63) is 35.4 Å². The topological polar surface area (TPSA) is 63.6 Å². The minimum atomic E-state index is -0.432. The standard InChI is InChI=1S/C9H8O3.CH4O/c1-12-9(11)8-4-2-3-7(5-8)6-10;1-2/h2-6H,1H3;2H,1H3. The fourth-order valence-corrected chi connectivity index (χ4v) is 0.857. The van der Waals surface area contributed by atoms with E-state index < -0.39 is 5.97 Å². The van der Waals surface area contributed by atoms with E-state index in [-0.39, 0.29) is 0 Å². The zero-order chi connectivity index (χ0) is 11.0. The predicted octanol–water partition coefficient (Wildman–Crippen LogP) is 0.894. The number of benzene rings is 1. The van der Waals surface area contributed by atoms with E-state index in [0.717, 1.165) is 7.11 Å². The van der Waals surface area contributed by atoms with Crippen LogP contribution in [0.5, 0.6) is 0 Å². The molecular formula is C10H12O4.